The number of nitrogens with one attached hydrogen (secondary N) is 2. The van der Waals surface area contributed by atoms with Gasteiger partial charge in [0.25, 0.3) is 0 Å². The number of aryl methyl sites for hydroxylation is 2. The van der Waals surface area contributed by atoms with Crippen LogP contribution in [0.25, 0.3) is 0 Å². The van der Waals surface area contributed by atoms with Gasteiger partial charge in [-0.2, -0.15) is 0 Å². The molecule has 0 saturated heterocycles. The molecule has 0 spiro atoms. The standard InChI is InChI=1S/C11H16ClN5S/c1-3-4-5-9-14-8(10(12)15-9)6-13-11-17-16-7(2)18-11/h3-6H2,1-2H3,(H,13,17)(H,14,15). The Hall–Kier alpha value is -1.14. The predicted molar refractivity (Wildman–Crippen MR) is 74.2 cm³/mol. The van der Waals surface area contributed by atoms with Crippen molar-refractivity contribution in [3.8, 4) is 0 Å². The van der Waals surface area contributed by atoms with Crippen molar-refractivity contribution in [3.63, 3.8) is 0 Å². The molecule has 0 aliphatic heterocycles. The van der Waals surface area contributed by atoms with E-state index in [4.69, 9.17) is 11.6 Å². The lowest BCUT2D eigenvalue weighted by atomic mass is 10.2. The van der Waals surface area contributed by atoms with Crippen molar-refractivity contribution in [2.45, 2.75) is 39.7 Å². The summed E-state index contributed by atoms with van der Waals surface area (Å²) in [4.78, 5) is 7.55. The van der Waals surface area contributed by atoms with Crippen LogP contribution in [0.2, 0.25) is 5.15 Å². The molecule has 2 N–H and O–H groups in total. The van der Waals surface area contributed by atoms with Gasteiger partial charge in [0.2, 0.25) is 5.13 Å². The van der Waals surface area contributed by atoms with E-state index >= 15 is 0 Å². The molecule has 2 heterocycles. The molecule has 2 rings (SSSR count). The van der Waals surface area contributed by atoms with Crippen molar-refractivity contribution in [1.29, 1.82) is 0 Å². The molecule has 0 amide bonds. The van der Waals surface area contributed by atoms with Gasteiger partial charge in [0, 0.05) is 6.42 Å². The Kier molecular flexibility index (Phi) is 4.54. The minimum atomic E-state index is 0.537. The molecule has 0 saturated carbocycles. The van der Waals surface area contributed by atoms with Crippen LogP contribution in [-0.2, 0) is 13.0 Å². The predicted octanol–water partition coefficient (Wildman–Crippen LogP) is 3.18. The maximum Gasteiger partial charge on any atom is 0.205 e. The average Bonchev–Trinajstić information content (AvgIpc) is 2.90. The lowest BCUT2D eigenvalue weighted by molar-refractivity contribution is 0.760. The van der Waals surface area contributed by atoms with Gasteiger partial charge in [-0.1, -0.05) is 36.3 Å². The first kappa shape index (κ1) is 13.3. The number of imidazole rings is 1. The Balaban J connectivity index is 1.94. The van der Waals surface area contributed by atoms with E-state index in [2.05, 4.69) is 32.4 Å². The van der Waals surface area contributed by atoms with Gasteiger partial charge in [-0.15, -0.1) is 10.2 Å². The maximum atomic E-state index is 6.08. The summed E-state index contributed by atoms with van der Waals surface area (Å²) >= 11 is 7.60. The van der Waals surface area contributed by atoms with Crippen LogP contribution >= 0.6 is 22.9 Å². The lowest BCUT2D eigenvalue weighted by Crippen LogP contribution is -2.00. The fourth-order valence-corrected chi connectivity index (χ4v) is 2.35. The minimum absolute atomic E-state index is 0.537. The summed E-state index contributed by atoms with van der Waals surface area (Å²) in [5.41, 5.74) is 0.899. The number of aromatic amines is 1. The zero-order valence-electron chi connectivity index (χ0n) is 10.5. The Bertz CT molecular complexity index is 507. The highest BCUT2D eigenvalue weighted by molar-refractivity contribution is 7.15. The van der Waals surface area contributed by atoms with Gasteiger partial charge in [0.05, 0.1) is 12.2 Å². The van der Waals surface area contributed by atoms with E-state index in [0.717, 1.165) is 40.9 Å². The Labute approximate surface area is 115 Å². The van der Waals surface area contributed by atoms with E-state index in [9.17, 15) is 0 Å². The third-order valence-electron chi connectivity index (χ3n) is 2.49. The van der Waals surface area contributed by atoms with Crippen LogP contribution in [0.4, 0.5) is 5.13 Å². The second-order valence-electron chi connectivity index (χ2n) is 4.04. The van der Waals surface area contributed by atoms with Crippen LogP contribution in [0.1, 0.15) is 36.3 Å². The number of rotatable bonds is 6. The SMILES string of the molecule is CCCCc1nc(Cl)c(CNc2nnc(C)s2)[nH]1. The van der Waals surface area contributed by atoms with Crippen molar-refractivity contribution in [3.05, 3.63) is 21.7 Å². The summed E-state index contributed by atoms with van der Waals surface area (Å²) < 4.78 is 0. The molecule has 5 nitrogen and oxygen atoms in total. The smallest absolute Gasteiger partial charge is 0.205 e. The number of anilines is 1. The normalized spacial score (nSPS) is 10.8. The topological polar surface area (TPSA) is 66.5 Å². The molecule has 0 aromatic carbocycles. The Morgan fingerprint density at radius 1 is 1.39 bits per heavy atom. The van der Waals surface area contributed by atoms with Gasteiger partial charge < -0.3 is 10.3 Å². The zero-order chi connectivity index (χ0) is 13.0. The summed E-state index contributed by atoms with van der Waals surface area (Å²) in [5, 5.41) is 13.4. The summed E-state index contributed by atoms with van der Waals surface area (Å²) in [6.07, 6.45) is 3.20. The first-order valence-electron chi connectivity index (χ1n) is 5.96. The molecule has 0 aliphatic rings. The summed E-state index contributed by atoms with van der Waals surface area (Å²) in [5.74, 6) is 0.951. The molecule has 18 heavy (non-hydrogen) atoms. The first-order valence-corrected chi connectivity index (χ1v) is 7.15. The summed E-state index contributed by atoms with van der Waals surface area (Å²) in [6.45, 7) is 4.67. The number of unbranched alkanes of at least 4 members (excludes halogenated alkanes) is 1. The van der Waals surface area contributed by atoms with Crippen LogP contribution in [0, 0.1) is 6.92 Å². The van der Waals surface area contributed by atoms with Gasteiger partial charge in [-0.25, -0.2) is 4.98 Å². The lowest BCUT2D eigenvalue weighted by Gasteiger charge is -1.99. The molecule has 2 aromatic heterocycles. The number of H-pyrrole nitrogens is 1. The Morgan fingerprint density at radius 2 is 2.22 bits per heavy atom. The highest BCUT2D eigenvalue weighted by atomic mass is 35.5. The molecular formula is C11H16ClN5S. The highest BCUT2D eigenvalue weighted by Gasteiger charge is 2.08. The number of hydrogen-bond donors (Lipinski definition) is 2. The molecule has 0 bridgehead atoms. The molecule has 0 aliphatic carbocycles. The van der Waals surface area contributed by atoms with Gasteiger partial charge in [0.15, 0.2) is 5.15 Å². The van der Waals surface area contributed by atoms with Gasteiger partial charge >= 0.3 is 0 Å². The first-order chi connectivity index (χ1) is 8.69. The van der Waals surface area contributed by atoms with Crippen molar-refractivity contribution in [2.75, 3.05) is 5.32 Å². The van der Waals surface area contributed by atoms with Crippen LogP contribution < -0.4 is 5.32 Å². The molecule has 0 atom stereocenters. The molecular weight excluding hydrogens is 270 g/mol. The molecule has 98 valence electrons. The van der Waals surface area contributed by atoms with Crippen LogP contribution in [0.3, 0.4) is 0 Å². The fraction of sp³-hybridized carbons (Fsp3) is 0.545. The monoisotopic (exact) mass is 285 g/mol. The van der Waals surface area contributed by atoms with Crippen molar-refractivity contribution in [2.24, 2.45) is 0 Å². The average molecular weight is 286 g/mol. The second kappa shape index (κ2) is 6.15. The van der Waals surface area contributed by atoms with Gasteiger partial charge in [0.1, 0.15) is 10.8 Å². The Morgan fingerprint density at radius 3 is 2.89 bits per heavy atom. The van der Waals surface area contributed by atoms with Crippen LogP contribution in [0.15, 0.2) is 0 Å². The van der Waals surface area contributed by atoms with E-state index < -0.39 is 0 Å². The number of nitrogens with zero attached hydrogens (tertiary/aromatic N) is 3. The van der Waals surface area contributed by atoms with Gasteiger partial charge in [-0.3, -0.25) is 0 Å². The van der Waals surface area contributed by atoms with E-state index in [1.54, 1.807) is 0 Å². The van der Waals surface area contributed by atoms with Crippen LogP contribution in [-0.4, -0.2) is 20.2 Å². The third-order valence-corrected chi connectivity index (χ3v) is 3.60. The fourth-order valence-electron chi connectivity index (χ4n) is 1.55. The van der Waals surface area contributed by atoms with Crippen molar-refractivity contribution >= 4 is 28.1 Å². The van der Waals surface area contributed by atoms with Gasteiger partial charge in [-0.05, 0) is 13.3 Å². The largest absolute Gasteiger partial charge is 0.354 e. The molecule has 0 unspecified atom stereocenters. The van der Waals surface area contributed by atoms with E-state index in [-0.39, 0.29) is 0 Å². The third kappa shape index (κ3) is 3.43. The zero-order valence-corrected chi connectivity index (χ0v) is 12.0. The highest BCUT2D eigenvalue weighted by Crippen LogP contribution is 2.18. The van der Waals surface area contributed by atoms with Crippen molar-refractivity contribution in [1.82, 2.24) is 20.2 Å². The molecule has 7 heteroatoms. The number of hydrogen-bond acceptors (Lipinski definition) is 5. The van der Waals surface area contributed by atoms with E-state index in [1.807, 2.05) is 6.92 Å². The molecule has 0 radical (unpaired) electrons. The van der Waals surface area contributed by atoms with E-state index in [1.165, 1.54) is 11.3 Å². The quantitative estimate of drug-likeness (QED) is 0.855. The molecule has 0 fully saturated rings. The summed E-state index contributed by atoms with van der Waals surface area (Å²) in [7, 11) is 0. The van der Waals surface area contributed by atoms with E-state index in [0.29, 0.717) is 11.7 Å². The minimum Gasteiger partial charge on any atom is -0.354 e. The summed E-state index contributed by atoms with van der Waals surface area (Å²) in [6, 6.07) is 0. The number of halogens is 1. The molecule has 2 aromatic rings. The number of aromatic nitrogens is 4. The maximum absolute atomic E-state index is 6.08. The second-order valence-corrected chi connectivity index (χ2v) is 5.58. The van der Waals surface area contributed by atoms with Crippen molar-refractivity contribution < 1.29 is 0 Å². The van der Waals surface area contributed by atoms with Crippen LogP contribution in [0.5, 0.6) is 0 Å².